The van der Waals surface area contributed by atoms with Gasteiger partial charge in [-0.2, -0.15) is 0 Å². The number of nitrogens with zero attached hydrogens (tertiary/aromatic N) is 3. The van der Waals surface area contributed by atoms with Crippen LogP contribution >= 0.6 is 0 Å². The molecule has 1 unspecified atom stereocenters. The van der Waals surface area contributed by atoms with Crippen molar-refractivity contribution in [3.05, 3.63) is 53.8 Å². The summed E-state index contributed by atoms with van der Waals surface area (Å²) in [6, 6.07) is 11.8. The van der Waals surface area contributed by atoms with Gasteiger partial charge < -0.3 is 19.4 Å². The normalized spacial score (nSPS) is 18.8. The largest absolute Gasteiger partial charge is 0.495 e. The lowest BCUT2D eigenvalue weighted by atomic mass is 10.1. The van der Waals surface area contributed by atoms with Gasteiger partial charge in [-0.25, -0.2) is 4.39 Å². The maximum atomic E-state index is 14.5. The van der Waals surface area contributed by atoms with Crippen LogP contribution in [0.1, 0.15) is 23.7 Å². The van der Waals surface area contributed by atoms with E-state index in [-0.39, 0.29) is 24.0 Å². The second-order valence-corrected chi connectivity index (χ2v) is 8.11. The van der Waals surface area contributed by atoms with Gasteiger partial charge in [0.15, 0.2) is 5.78 Å². The van der Waals surface area contributed by atoms with Crippen molar-refractivity contribution in [2.45, 2.75) is 13.3 Å². The van der Waals surface area contributed by atoms with E-state index in [9.17, 15) is 18.8 Å². The summed E-state index contributed by atoms with van der Waals surface area (Å²) in [5, 5.41) is 0. The van der Waals surface area contributed by atoms with E-state index < -0.39 is 11.7 Å². The van der Waals surface area contributed by atoms with Crippen molar-refractivity contribution in [3.63, 3.8) is 0 Å². The number of piperazine rings is 1. The van der Waals surface area contributed by atoms with Crippen LogP contribution in [0.5, 0.6) is 5.75 Å². The number of hydrogen-bond donors (Lipinski definition) is 0. The van der Waals surface area contributed by atoms with Crippen LogP contribution in [0.4, 0.5) is 15.8 Å². The van der Waals surface area contributed by atoms with Gasteiger partial charge in [-0.3, -0.25) is 14.4 Å². The van der Waals surface area contributed by atoms with Gasteiger partial charge in [-0.05, 0) is 37.3 Å². The molecule has 2 saturated heterocycles. The molecule has 0 radical (unpaired) electrons. The van der Waals surface area contributed by atoms with Crippen molar-refractivity contribution in [3.8, 4) is 5.75 Å². The van der Waals surface area contributed by atoms with Crippen LogP contribution in [0, 0.1) is 11.7 Å². The second-order valence-electron chi connectivity index (χ2n) is 8.11. The number of carbonyl (C=O) groups is 3. The van der Waals surface area contributed by atoms with Crippen LogP contribution < -0.4 is 14.5 Å². The van der Waals surface area contributed by atoms with Crippen molar-refractivity contribution in [2.75, 3.05) is 49.6 Å². The molecule has 7 nitrogen and oxygen atoms in total. The van der Waals surface area contributed by atoms with Crippen LogP contribution in [-0.2, 0) is 9.59 Å². The van der Waals surface area contributed by atoms with E-state index in [0.717, 1.165) is 0 Å². The van der Waals surface area contributed by atoms with Gasteiger partial charge in [0.25, 0.3) is 0 Å². The Morgan fingerprint density at radius 2 is 1.75 bits per heavy atom. The van der Waals surface area contributed by atoms with Crippen LogP contribution in [0.3, 0.4) is 0 Å². The number of ether oxygens (including phenoxy) is 1. The molecule has 32 heavy (non-hydrogen) atoms. The maximum absolute atomic E-state index is 14.5. The average molecular weight is 439 g/mol. The van der Waals surface area contributed by atoms with Crippen LogP contribution in [0.25, 0.3) is 0 Å². The standard InChI is InChI=1S/C24H26FN3O4/c1-16(29)17-7-8-20(19(25)13-17)26-9-11-27(12-10-26)24(31)18-14-23(30)28(15-18)21-5-3-4-6-22(21)32-2/h3-8,13,18H,9-12,14-15H2,1-2H3. The number of halogens is 1. The Bertz CT molecular complexity index is 1050. The van der Waals surface area contributed by atoms with Gasteiger partial charge in [0.2, 0.25) is 11.8 Å². The van der Waals surface area contributed by atoms with E-state index in [2.05, 4.69) is 0 Å². The average Bonchev–Trinajstić information content (AvgIpc) is 3.20. The molecule has 0 bridgehead atoms. The van der Waals surface area contributed by atoms with E-state index in [0.29, 0.717) is 55.4 Å². The summed E-state index contributed by atoms with van der Waals surface area (Å²) in [6.45, 7) is 3.59. The van der Waals surface area contributed by atoms with Gasteiger partial charge in [-0.1, -0.05) is 12.1 Å². The topological polar surface area (TPSA) is 70.2 Å². The molecule has 2 aliphatic heterocycles. The molecule has 2 aromatic carbocycles. The first kappa shape index (κ1) is 21.8. The molecule has 0 spiro atoms. The van der Waals surface area contributed by atoms with E-state index in [1.807, 2.05) is 23.1 Å². The van der Waals surface area contributed by atoms with Gasteiger partial charge in [0.1, 0.15) is 11.6 Å². The zero-order chi connectivity index (χ0) is 22.8. The lowest BCUT2D eigenvalue weighted by Crippen LogP contribution is -2.51. The van der Waals surface area contributed by atoms with Crippen molar-refractivity contribution < 1.29 is 23.5 Å². The molecule has 4 rings (SSSR count). The number of Topliss-reactive ketones (excluding diaryl/α,β-unsaturated/α-hetero) is 1. The first-order valence-electron chi connectivity index (χ1n) is 10.7. The molecule has 2 aliphatic rings. The smallest absolute Gasteiger partial charge is 0.228 e. The minimum absolute atomic E-state index is 0.0530. The molecular formula is C24H26FN3O4. The number of ketones is 1. The van der Waals surface area contributed by atoms with Gasteiger partial charge in [-0.15, -0.1) is 0 Å². The molecule has 0 N–H and O–H groups in total. The molecule has 2 aromatic rings. The molecule has 1 atom stereocenters. The van der Waals surface area contributed by atoms with Gasteiger partial charge >= 0.3 is 0 Å². The summed E-state index contributed by atoms with van der Waals surface area (Å²) in [5.41, 5.74) is 1.44. The number of carbonyl (C=O) groups excluding carboxylic acids is 3. The molecular weight excluding hydrogens is 413 g/mol. The molecule has 0 aliphatic carbocycles. The molecule has 2 fully saturated rings. The third-order valence-corrected chi connectivity index (χ3v) is 6.14. The molecule has 0 aromatic heterocycles. The predicted octanol–water partition coefficient (Wildman–Crippen LogP) is 2.74. The van der Waals surface area contributed by atoms with Crippen LogP contribution in [0.2, 0.25) is 0 Å². The summed E-state index contributed by atoms with van der Waals surface area (Å²) in [7, 11) is 1.55. The summed E-state index contributed by atoms with van der Waals surface area (Å²) < 4.78 is 19.8. The quantitative estimate of drug-likeness (QED) is 0.670. The molecule has 8 heteroatoms. The summed E-state index contributed by atoms with van der Waals surface area (Å²) in [6.07, 6.45) is 0.165. The number of anilines is 2. The van der Waals surface area contributed by atoms with E-state index in [1.54, 1.807) is 35.1 Å². The van der Waals surface area contributed by atoms with Crippen molar-refractivity contribution in [1.29, 1.82) is 0 Å². The molecule has 2 amide bonds. The third kappa shape index (κ3) is 4.17. The third-order valence-electron chi connectivity index (χ3n) is 6.14. The monoisotopic (exact) mass is 439 g/mol. The van der Waals surface area contributed by atoms with E-state index in [1.165, 1.54) is 13.0 Å². The minimum atomic E-state index is -0.439. The Morgan fingerprint density at radius 3 is 2.41 bits per heavy atom. The van der Waals surface area contributed by atoms with Crippen molar-refractivity contribution >= 4 is 29.0 Å². The first-order valence-corrected chi connectivity index (χ1v) is 10.7. The zero-order valence-corrected chi connectivity index (χ0v) is 18.2. The van der Waals surface area contributed by atoms with Crippen molar-refractivity contribution in [1.82, 2.24) is 4.90 Å². The molecule has 0 saturated carbocycles. The lowest BCUT2D eigenvalue weighted by molar-refractivity contribution is -0.136. The summed E-state index contributed by atoms with van der Waals surface area (Å²) in [5.74, 6) is -0.585. The number of amides is 2. The Balaban J connectivity index is 1.39. The Morgan fingerprint density at radius 1 is 1.03 bits per heavy atom. The Hall–Kier alpha value is -3.42. The maximum Gasteiger partial charge on any atom is 0.228 e. The Labute approximate surface area is 186 Å². The number of methoxy groups -OCH3 is 1. The predicted molar refractivity (Wildman–Crippen MR) is 119 cm³/mol. The Kier molecular flexibility index (Phi) is 6.12. The molecule has 168 valence electrons. The summed E-state index contributed by atoms with van der Waals surface area (Å²) >= 11 is 0. The summed E-state index contributed by atoms with van der Waals surface area (Å²) in [4.78, 5) is 42.4. The fraction of sp³-hybridized carbons (Fsp3) is 0.375. The fourth-order valence-corrected chi connectivity index (χ4v) is 4.37. The fourth-order valence-electron chi connectivity index (χ4n) is 4.37. The SMILES string of the molecule is COc1ccccc1N1CC(C(=O)N2CCN(c3ccc(C(C)=O)cc3F)CC2)CC1=O. The lowest BCUT2D eigenvalue weighted by Gasteiger charge is -2.37. The first-order chi connectivity index (χ1) is 15.4. The number of hydrogen-bond acceptors (Lipinski definition) is 5. The number of benzene rings is 2. The molecule has 2 heterocycles. The van der Waals surface area contributed by atoms with Crippen LogP contribution in [-0.4, -0.2) is 62.3 Å². The van der Waals surface area contributed by atoms with Crippen LogP contribution in [0.15, 0.2) is 42.5 Å². The highest BCUT2D eigenvalue weighted by Crippen LogP contribution is 2.33. The number of para-hydroxylation sites is 2. The highest BCUT2D eigenvalue weighted by molar-refractivity contribution is 6.01. The van der Waals surface area contributed by atoms with E-state index in [4.69, 9.17) is 4.74 Å². The zero-order valence-electron chi connectivity index (χ0n) is 18.2. The second kappa shape index (κ2) is 8.98. The van der Waals surface area contributed by atoms with Gasteiger partial charge in [0.05, 0.1) is 24.4 Å². The highest BCUT2D eigenvalue weighted by atomic mass is 19.1. The van der Waals surface area contributed by atoms with E-state index >= 15 is 0 Å². The minimum Gasteiger partial charge on any atom is -0.495 e. The van der Waals surface area contributed by atoms with Gasteiger partial charge in [0, 0.05) is 44.7 Å². The number of rotatable bonds is 5. The van der Waals surface area contributed by atoms with Crippen molar-refractivity contribution in [2.24, 2.45) is 5.92 Å². The highest BCUT2D eigenvalue weighted by Gasteiger charge is 2.38.